The zero-order chi connectivity index (χ0) is 10.8. The van der Waals surface area contributed by atoms with E-state index in [0.29, 0.717) is 6.54 Å². The van der Waals surface area contributed by atoms with Crippen LogP contribution in [-0.4, -0.2) is 23.3 Å². The molecule has 5 N–H and O–H groups in total. The maximum absolute atomic E-state index is 9.45. The van der Waals surface area contributed by atoms with E-state index in [9.17, 15) is 10.2 Å². The Morgan fingerprint density at radius 3 is 2.53 bits per heavy atom. The molecule has 17 heavy (non-hydrogen) atoms. The zero-order valence-electron chi connectivity index (χ0n) is 9.35. The van der Waals surface area contributed by atoms with Crippen LogP contribution in [0.4, 0.5) is 0 Å². The fourth-order valence-electron chi connectivity index (χ4n) is 2.09. The third-order valence-corrected chi connectivity index (χ3v) is 2.85. The number of nitrogens with one attached hydrogen (secondary N) is 1. The van der Waals surface area contributed by atoms with E-state index >= 15 is 0 Å². The highest BCUT2D eigenvalue weighted by atomic mass is 35.5. The van der Waals surface area contributed by atoms with Gasteiger partial charge in [-0.15, -0.1) is 24.8 Å². The molecule has 1 atom stereocenters. The number of rotatable bonds is 2. The minimum Gasteiger partial charge on any atom is -0.504 e. The molecule has 1 unspecified atom stereocenters. The highest BCUT2D eigenvalue weighted by Gasteiger charge is 2.20. The summed E-state index contributed by atoms with van der Waals surface area (Å²) >= 11 is 0. The van der Waals surface area contributed by atoms with Gasteiger partial charge in [-0.2, -0.15) is 0 Å². The second kappa shape index (κ2) is 6.91. The summed E-state index contributed by atoms with van der Waals surface area (Å²) in [5, 5.41) is 22.2. The molecule has 4 nitrogen and oxygen atoms in total. The maximum Gasteiger partial charge on any atom is 0.157 e. The van der Waals surface area contributed by atoms with Crippen molar-refractivity contribution in [1.29, 1.82) is 0 Å². The van der Waals surface area contributed by atoms with Crippen LogP contribution in [0.5, 0.6) is 11.5 Å². The van der Waals surface area contributed by atoms with E-state index in [-0.39, 0.29) is 42.4 Å². The Morgan fingerprint density at radius 2 is 1.88 bits per heavy atom. The number of nitrogens with two attached hydrogens (primary N) is 1. The number of phenols is 2. The predicted molar refractivity (Wildman–Crippen MR) is 72.4 cm³/mol. The first-order valence-corrected chi connectivity index (χ1v) is 5.20. The van der Waals surface area contributed by atoms with E-state index < -0.39 is 0 Å². The second-order valence-corrected chi connectivity index (χ2v) is 3.87. The predicted octanol–water partition coefficient (Wildman–Crippen LogP) is 1.48. The Balaban J connectivity index is 0.00000128. The van der Waals surface area contributed by atoms with Gasteiger partial charge in [0.05, 0.1) is 0 Å². The molecule has 0 saturated carbocycles. The Hall–Kier alpha value is -0.680. The molecule has 0 radical (unpaired) electrons. The first-order valence-electron chi connectivity index (χ1n) is 5.20. The lowest BCUT2D eigenvalue weighted by atomic mass is 9.92. The normalized spacial score (nSPS) is 17.6. The fraction of sp³-hybridized carbons (Fsp3) is 0.455. The average Bonchev–Trinajstić information content (AvgIpc) is 2.21. The first kappa shape index (κ1) is 16.3. The van der Waals surface area contributed by atoms with Crippen LogP contribution in [0.3, 0.4) is 0 Å². The standard InChI is InChI=1S/C11H16N2O2.2ClH/c12-3-1-9-8-6-11(15)10(14)5-7(8)2-4-13-9;;/h5-6,9,13-15H,1-4,12H2;2*1H. The number of fused-ring (bicyclic) bond motifs is 1. The van der Waals surface area contributed by atoms with Crippen LogP contribution < -0.4 is 11.1 Å². The van der Waals surface area contributed by atoms with Crippen LogP contribution in [-0.2, 0) is 6.42 Å². The number of benzene rings is 1. The molecule has 1 aromatic rings. The molecule has 1 aromatic carbocycles. The molecule has 0 amide bonds. The summed E-state index contributed by atoms with van der Waals surface area (Å²) in [6.45, 7) is 1.50. The van der Waals surface area contributed by atoms with Gasteiger partial charge in [-0.25, -0.2) is 0 Å². The molecular formula is C11H18Cl2N2O2. The van der Waals surface area contributed by atoms with Gasteiger partial charge in [0.1, 0.15) is 0 Å². The van der Waals surface area contributed by atoms with Gasteiger partial charge in [-0.1, -0.05) is 0 Å². The van der Waals surface area contributed by atoms with Crippen molar-refractivity contribution in [2.24, 2.45) is 5.73 Å². The van der Waals surface area contributed by atoms with Crippen molar-refractivity contribution in [3.63, 3.8) is 0 Å². The third kappa shape index (κ3) is 3.39. The van der Waals surface area contributed by atoms with Gasteiger partial charge in [-0.3, -0.25) is 0 Å². The van der Waals surface area contributed by atoms with Gasteiger partial charge >= 0.3 is 0 Å². The van der Waals surface area contributed by atoms with Crippen molar-refractivity contribution in [3.05, 3.63) is 23.3 Å². The van der Waals surface area contributed by atoms with Crippen LogP contribution in [0.2, 0.25) is 0 Å². The second-order valence-electron chi connectivity index (χ2n) is 3.87. The first-order chi connectivity index (χ1) is 7.22. The number of aromatic hydroxyl groups is 2. The fourth-order valence-corrected chi connectivity index (χ4v) is 2.09. The van der Waals surface area contributed by atoms with E-state index in [4.69, 9.17) is 5.73 Å². The molecule has 1 aliphatic rings. The molecule has 0 aliphatic carbocycles. The summed E-state index contributed by atoms with van der Waals surface area (Å²) in [6.07, 6.45) is 1.72. The van der Waals surface area contributed by atoms with E-state index in [1.807, 2.05) is 0 Å². The van der Waals surface area contributed by atoms with E-state index in [0.717, 1.165) is 30.5 Å². The van der Waals surface area contributed by atoms with Crippen LogP contribution in [0.25, 0.3) is 0 Å². The summed E-state index contributed by atoms with van der Waals surface area (Å²) in [4.78, 5) is 0. The SMILES string of the molecule is Cl.Cl.NCCC1NCCc2cc(O)c(O)cc21. The average molecular weight is 281 g/mol. The minimum absolute atomic E-state index is 0. The van der Waals surface area contributed by atoms with Gasteiger partial charge < -0.3 is 21.3 Å². The van der Waals surface area contributed by atoms with Crippen LogP contribution in [0.1, 0.15) is 23.6 Å². The highest BCUT2D eigenvalue weighted by Crippen LogP contribution is 2.34. The Kier molecular flexibility index (Phi) is 6.64. The summed E-state index contributed by atoms with van der Waals surface area (Å²) in [6, 6.07) is 3.48. The van der Waals surface area contributed by atoms with Crippen molar-refractivity contribution < 1.29 is 10.2 Å². The molecule has 98 valence electrons. The van der Waals surface area contributed by atoms with Gasteiger partial charge in [0.15, 0.2) is 11.5 Å². The van der Waals surface area contributed by atoms with Crippen LogP contribution in [0.15, 0.2) is 12.1 Å². The van der Waals surface area contributed by atoms with Crippen molar-refractivity contribution >= 4 is 24.8 Å². The van der Waals surface area contributed by atoms with E-state index in [1.165, 1.54) is 0 Å². The smallest absolute Gasteiger partial charge is 0.157 e. The van der Waals surface area contributed by atoms with E-state index in [1.54, 1.807) is 12.1 Å². The maximum atomic E-state index is 9.45. The molecule has 6 heteroatoms. The minimum atomic E-state index is -0.0560. The topological polar surface area (TPSA) is 78.5 Å². The number of hydrogen-bond donors (Lipinski definition) is 4. The van der Waals surface area contributed by atoms with Gasteiger partial charge in [0.2, 0.25) is 0 Å². The summed E-state index contributed by atoms with van der Waals surface area (Å²) in [5.41, 5.74) is 7.69. The lowest BCUT2D eigenvalue weighted by molar-refractivity contribution is 0.397. The van der Waals surface area contributed by atoms with Crippen molar-refractivity contribution in [2.45, 2.75) is 18.9 Å². The highest BCUT2D eigenvalue weighted by molar-refractivity contribution is 5.85. The largest absolute Gasteiger partial charge is 0.504 e. The van der Waals surface area contributed by atoms with Crippen molar-refractivity contribution in [1.82, 2.24) is 5.32 Å². The molecule has 2 rings (SSSR count). The number of hydrogen-bond acceptors (Lipinski definition) is 4. The van der Waals surface area contributed by atoms with E-state index in [2.05, 4.69) is 5.32 Å². The lowest BCUT2D eigenvalue weighted by Crippen LogP contribution is -2.31. The summed E-state index contributed by atoms with van der Waals surface area (Å²) in [7, 11) is 0. The van der Waals surface area contributed by atoms with Gasteiger partial charge in [0.25, 0.3) is 0 Å². The third-order valence-electron chi connectivity index (χ3n) is 2.85. The molecule has 0 saturated heterocycles. The molecule has 1 heterocycles. The zero-order valence-corrected chi connectivity index (χ0v) is 11.0. The molecule has 0 aromatic heterocycles. The monoisotopic (exact) mass is 280 g/mol. The van der Waals surface area contributed by atoms with Crippen molar-refractivity contribution in [3.8, 4) is 11.5 Å². The Morgan fingerprint density at radius 1 is 1.24 bits per heavy atom. The van der Waals surface area contributed by atoms with Gasteiger partial charge in [0, 0.05) is 6.04 Å². The molecule has 0 bridgehead atoms. The molecule has 0 spiro atoms. The quantitative estimate of drug-likeness (QED) is 0.619. The summed E-state index contributed by atoms with van der Waals surface area (Å²) < 4.78 is 0. The number of phenolic OH excluding ortho intramolecular Hbond substituents is 2. The molecule has 0 fully saturated rings. The van der Waals surface area contributed by atoms with Crippen molar-refractivity contribution in [2.75, 3.05) is 13.1 Å². The Bertz CT molecular complexity index is 375. The van der Waals surface area contributed by atoms with Crippen LogP contribution >= 0.6 is 24.8 Å². The lowest BCUT2D eigenvalue weighted by Gasteiger charge is -2.27. The number of halogens is 2. The Labute approximate surface area is 113 Å². The molecular weight excluding hydrogens is 263 g/mol. The van der Waals surface area contributed by atoms with Crippen LogP contribution in [0, 0.1) is 0 Å². The molecule has 1 aliphatic heterocycles. The summed E-state index contributed by atoms with van der Waals surface area (Å²) in [5.74, 6) is -0.0957. The van der Waals surface area contributed by atoms with Gasteiger partial charge in [-0.05, 0) is 49.2 Å².